The number of nitrogens with zero attached hydrogens (tertiary/aromatic N) is 2. The van der Waals surface area contributed by atoms with Gasteiger partial charge in [-0.25, -0.2) is 4.98 Å². The Hall–Kier alpha value is -3.98. The number of rotatable bonds is 7. The fourth-order valence-electron chi connectivity index (χ4n) is 3.15. The van der Waals surface area contributed by atoms with E-state index in [0.717, 1.165) is 16.2 Å². The van der Waals surface area contributed by atoms with Gasteiger partial charge in [-0.3, -0.25) is 20.4 Å². The first-order valence-corrected chi connectivity index (χ1v) is 11.0. The van der Waals surface area contributed by atoms with Gasteiger partial charge in [0.15, 0.2) is 11.5 Å². The normalized spacial score (nSPS) is 10.6. The number of imidazole rings is 1. The average Bonchev–Trinajstić information content (AvgIpc) is 3.28. The zero-order valence-electron chi connectivity index (χ0n) is 18.1. The first kappa shape index (κ1) is 22.2. The van der Waals surface area contributed by atoms with E-state index in [0.29, 0.717) is 28.4 Å². The Morgan fingerprint density at radius 1 is 0.909 bits per heavy atom. The van der Waals surface area contributed by atoms with Crippen molar-refractivity contribution in [2.45, 2.75) is 10.6 Å². The van der Waals surface area contributed by atoms with Crippen LogP contribution >= 0.6 is 11.8 Å². The van der Waals surface area contributed by atoms with E-state index >= 15 is 0 Å². The number of nitrogens with one attached hydrogen (secondary N) is 2. The molecular weight excluding hydrogens is 440 g/mol. The molecule has 4 rings (SSSR count). The van der Waals surface area contributed by atoms with Crippen LogP contribution in [0.3, 0.4) is 0 Å². The van der Waals surface area contributed by atoms with Crippen LogP contribution in [0.1, 0.15) is 26.4 Å². The molecule has 0 atom stereocenters. The lowest BCUT2D eigenvalue weighted by Crippen LogP contribution is -2.41. The summed E-state index contributed by atoms with van der Waals surface area (Å²) in [7, 11) is 3.00. The summed E-state index contributed by atoms with van der Waals surface area (Å²) in [6, 6.07) is 17.8. The molecule has 2 amide bonds. The van der Waals surface area contributed by atoms with Gasteiger partial charge < -0.3 is 13.9 Å². The van der Waals surface area contributed by atoms with Crippen LogP contribution in [0.15, 0.2) is 78.0 Å². The number of thioether (sulfide) groups is 1. The monoisotopic (exact) mass is 462 g/mol. The summed E-state index contributed by atoms with van der Waals surface area (Å²) in [5, 5.41) is 0. The summed E-state index contributed by atoms with van der Waals surface area (Å²) in [5.74, 6) is 0.768. The van der Waals surface area contributed by atoms with Crippen LogP contribution in [0.25, 0.3) is 5.65 Å². The van der Waals surface area contributed by atoms with Crippen molar-refractivity contribution in [2.24, 2.45) is 0 Å². The van der Waals surface area contributed by atoms with Gasteiger partial charge in [0.1, 0.15) is 5.65 Å². The highest BCUT2D eigenvalue weighted by molar-refractivity contribution is 7.98. The molecule has 0 bridgehead atoms. The third-order valence-corrected chi connectivity index (χ3v) is 5.90. The minimum Gasteiger partial charge on any atom is -0.493 e. The molecule has 0 spiro atoms. The van der Waals surface area contributed by atoms with E-state index in [9.17, 15) is 9.59 Å². The maximum Gasteiger partial charge on any atom is 0.269 e. The summed E-state index contributed by atoms with van der Waals surface area (Å²) in [4.78, 5) is 30.4. The molecule has 4 aromatic rings. The van der Waals surface area contributed by atoms with Crippen molar-refractivity contribution in [1.29, 1.82) is 0 Å². The fraction of sp³-hybridized carbons (Fsp3) is 0.125. The van der Waals surface area contributed by atoms with Crippen molar-refractivity contribution in [1.82, 2.24) is 20.2 Å². The molecule has 0 saturated carbocycles. The van der Waals surface area contributed by atoms with E-state index in [1.807, 2.05) is 47.1 Å². The van der Waals surface area contributed by atoms with Gasteiger partial charge in [-0.1, -0.05) is 6.07 Å². The number of fused-ring (bicyclic) bond motifs is 1. The molecule has 168 valence electrons. The Labute approximate surface area is 194 Å². The van der Waals surface area contributed by atoms with Crippen LogP contribution < -0.4 is 20.3 Å². The van der Waals surface area contributed by atoms with Crippen LogP contribution in [-0.4, -0.2) is 35.4 Å². The highest BCUT2D eigenvalue weighted by Gasteiger charge is 2.12. The van der Waals surface area contributed by atoms with Gasteiger partial charge >= 0.3 is 0 Å². The maximum absolute atomic E-state index is 12.4. The van der Waals surface area contributed by atoms with Crippen LogP contribution in [-0.2, 0) is 5.75 Å². The molecule has 2 N–H and O–H groups in total. The van der Waals surface area contributed by atoms with Gasteiger partial charge in [0.25, 0.3) is 11.8 Å². The summed E-state index contributed by atoms with van der Waals surface area (Å²) in [6.07, 6.45) is 3.97. The Bertz CT molecular complexity index is 1250. The van der Waals surface area contributed by atoms with E-state index < -0.39 is 11.8 Å². The molecule has 9 heteroatoms. The third-order valence-electron chi connectivity index (χ3n) is 4.85. The minimum absolute atomic E-state index is 0.326. The van der Waals surface area contributed by atoms with Crippen molar-refractivity contribution in [3.63, 3.8) is 0 Å². The summed E-state index contributed by atoms with van der Waals surface area (Å²) in [6.45, 7) is 0. The number of carbonyl (C=O) groups is 2. The third kappa shape index (κ3) is 5.27. The highest BCUT2D eigenvalue weighted by Crippen LogP contribution is 2.27. The molecule has 0 unspecified atom stereocenters. The molecule has 2 aromatic heterocycles. The first-order valence-electron chi connectivity index (χ1n) is 10.1. The topological polar surface area (TPSA) is 94.0 Å². The largest absolute Gasteiger partial charge is 0.493 e. The van der Waals surface area contributed by atoms with Gasteiger partial charge in [-0.2, -0.15) is 0 Å². The van der Waals surface area contributed by atoms with E-state index in [-0.39, 0.29) is 0 Å². The van der Waals surface area contributed by atoms with Crippen molar-refractivity contribution >= 4 is 29.2 Å². The first-order chi connectivity index (χ1) is 16.1. The minimum atomic E-state index is -0.469. The van der Waals surface area contributed by atoms with Crippen LogP contribution in [0.4, 0.5) is 0 Å². The lowest BCUT2D eigenvalue weighted by molar-refractivity contribution is 0.0846. The highest BCUT2D eigenvalue weighted by atomic mass is 32.2. The number of aromatic nitrogens is 2. The zero-order valence-corrected chi connectivity index (χ0v) is 18.9. The predicted octanol–water partition coefficient (Wildman–Crippen LogP) is 3.72. The standard InChI is InChI=1S/C24H22N4O4S/c1-31-20-11-8-17(13-21(20)32-2)24(30)27-26-23(29)16-6-9-19(10-7-16)33-15-18-14-28-12-4-3-5-22(28)25-18/h3-14H,15H2,1-2H3,(H,26,29)(H,27,30). The van der Waals surface area contributed by atoms with Gasteiger partial charge in [0.2, 0.25) is 0 Å². The van der Waals surface area contributed by atoms with Gasteiger partial charge in [-0.15, -0.1) is 11.8 Å². The second kappa shape index (κ2) is 10.1. The second-order valence-corrected chi connectivity index (χ2v) is 8.04. The number of hydrazine groups is 1. The molecule has 0 aliphatic rings. The van der Waals surface area contributed by atoms with Crippen molar-refractivity contribution < 1.29 is 19.1 Å². The Morgan fingerprint density at radius 3 is 2.30 bits per heavy atom. The number of hydrogen-bond acceptors (Lipinski definition) is 6. The Balaban J connectivity index is 1.31. The number of amides is 2. The van der Waals surface area contributed by atoms with E-state index in [1.165, 1.54) is 20.3 Å². The quantitative estimate of drug-likeness (QED) is 0.321. The number of carbonyl (C=O) groups excluding carboxylic acids is 2. The average molecular weight is 463 g/mol. The smallest absolute Gasteiger partial charge is 0.269 e. The van der Waals surface area contributed by atoms with Crippen molar-refractivity contribution in [3.05, 3.63) is 89.9 Å². The van der Waals surface area contributed by atoms with Gasteiger partial charge in [-0.05, 0) is 54.6 Å². The molecule has 0 aliphatic heterocycles. The molecule has 33 heavy (non-hydrogen) atoms. The molecule has 0 fully saturated rings. The van der Waals surface area contributed by atoms with Crippen molar-refractivity contribution in [3.8, 4) is 11.5 Å². The van der Waals surface area contributed by atoms with E-state index in [2.05, 4.69) is 15.8 Å². The van der Waals surface area contributed by atoms with Crippen LogP contribution in [0.2, 0.25) is 0 Å². The second-order valence-electron chi connectivity index (χ2n) is 6.99. The Kier molecular flexibility index (Phi) is 6.80. The number of pyridine rings is 1. The molecule has 8 nitrogen and oxygen atoms in total. The lowest BCUT2D eigenvalue weighted by atomic mass is 10.2. The van der Waals surface area contributed by atoms with Crippen LogP contribution in [0, 0.1) is 0 Å². The number of benzene rings is 2. The number of hydrogen-bond donors (Lipinski definition) is 2. The molecule has 0 radical (unpaired) electrons. The lowest BCUT2D eigenvalue weighted by Gasteiger charge is -2.11. The van der Waals surface area contributed by atoms with Crippen LogP contribution in [0.5, 0.6) is 11.5 Å². The molecule has 2 aromatic carbocycles. The summed E-state index contributed by atoms with van der Waals surface area (Å²) >= 11 is 1.63. The summed E-state index contributed by atoms with van der Waals surface area (Å²) in [5.41, 5.74) is 7.48. The van der Waals surface area contributed by atoms with Crippen molar-refractivity contribution in [2.75, 3.05) is 14.2 Å². The van der Waals surface area contributed by atoms with E-state index in [4.69, 9.17) is 9.47 Å². The van der Waals surface area contributed by atoms with Gasteiger partial charge in [0.05, 0.1) is 19.9 Å². The molecule has 2 heterocycles. The molecular formula is C24H22N4O4S. The summed E-state index contributed by atoms with van der Waals surface area (Å²) < 4.78 is 12.3. The number of ether oxygens (including phenoxy) is 2. The Morgan fingerprint density at radius 2 is 1.61 bits per heavy atom. The maximum atomic E-state index is 12.4. The van der Waals surface area contributed by atoms with Gasteiger partial charge in [0, 0.05) is 34.2 Å². The molecule has 0 aliphatic carbocycles. The fourth-order valence-corrected chi connectivity index (χ4v) is 3.93. The SMILES string of the molecule is COc1ccc(C(=O)NNC(=O)c2ccc(SCc3cn4ccccc4n3)cc2)cc1OC. The predicted molar refractivity (Wildman–Crippen MR) is 126 cm³/mol. The molecule has 0 saturated heterocycles. The number of methoxy groups -OCH3 is 2. The zero-order chi connectivity index (χ0) is 23.2. The van der Waals surface area contributed by atoms with E-state index in [1.54, 1.807) is 36.0 Å².